The fraction of sp³-hybridized carbons (Fsp3) is 0. The van der Waals surface area contributed by atoms with Crippen molar-refractivity contribution in [2.24, 2.45) is 5.10 Å². The van der Waals surface area contributed by atoms with Crippen LogP contribution in [0.25, 0.3) is 0 Å². The number of non-ortho nitro benzene ring substituents is 1. The Balaban J connectivity index is 1.97. The maximum Gasteiger partial charge on any atom is 0.270 e. The molecule has 0 radical (unpaired) electrons. The minimum atomic E-state index is -4.23. The standard InChI is InChI=1S/C19H14Cl2N4O4S/c20-15-6-2-1-5-13(15)12-22-23-18-10-9-14(25(26)27)11-19(18)30(28,29)24-17-8-4-3-7-16(17)21/h1-12,23-24H/b22-12-. The lowest BCUT2D eigenvalue weighted by Crippen LogP contribution is -2.15. The molecule has 0 aromatic heterocycles. The molecule has 3 aromatic rings. The lowest BCUT2D eigenvalue weighted by Gasteiger charge is -2.13. The minimum Gasteiger partial charge on any atom is -0.278 e. The molecule has 3 aromatic carbocycles. The van der Waals surface area contributed by atoms with E-state index in [2.05, 4.69) is 15.2 Å². The van der Waals surface area contributed by atoms with E-state index in [0.717, 1.165) is 6.07 Å². The molecule has 8 nitrogen and oxygen atoms in total. The van der Waals surface area contributed by atoms with Crippen molar-refractivity contribution >= 4 is 56.5 Å². The van der Waals surface area contributed by atoms with E-state index in [9.17, 15) is 18.5 Å². The maximum absolute atomic E-state index is 12.9. The molecule has 0 aliphatic carbocycles. The van der Waals surface area contributed by atoms with Gasteiger partial charge in [-0.15, -0.1) is 0 Å². The Morgan fingerprint density at radius 2 is 1.60 bits per heavy atom. The number of halogens is 2. The molecule has 0 unspecified atom stereocenters. The Morgan fingerprint density at radius 3 is 2.27 bits per heavy atom. The summed E-state index contributed by atoms with van der Waals surface area (Å²) in [5, 5.41) is 15.8. The molecule has 0 heterocycles. The quantitative estimate of drug-likeness (QED) is 0.285. The molecule has 0 atom stereocenters. The van der Waals surface area contributed by atoms with Gasteiger partial charge in [0.2, 0.25) is 0 Å². The number of benzene rings is 3. The lowest BCUT2D eigenvalue weighted by molar-refractivity contribution is -0.385. The zero-order valence-electron chi connectivity index (χ0n) is 15.1. The van der Waals surface area contributed by atoms with Gasteiger partial charge in [-0.3, -0.25) is 20.3 Å². The molecular weight excluding hydrogens is 451 g/mol. The van der Waals surface area contributed by atoms with Crippen molar-refractivity contribution in [1.29, 1.82) is 0 Å². The average molecular weight is 465 g/mol. The Bertz CT molecular complexity index is 1230. The van der Waals surface area contributed by atoms with Gasteiger partial charge < -0.3 is 0 Å². The lowest BCUT2D eigenvalue weighted by atomic mass is 10.2. The predicted molar refractivity (Wildman–Crippen MR) is 118 cm³/mol. The number of nitrogens with one attached hydrogen (secondary N) is 2. The highest BCUT2D eigenvalue weighted by molar-refractivity contribution is 7.93. The minimum absolute atomic E-state index is 0.0310. The van der Waals surface area contributed by atoms with Crippen LogP contribution in [0.4, 0.5) is 17.1 Å². The second-order valence-corrected chi connectivity index (χ2v) is 8.38. The maximum atomic E-state index is 12.9. The molecule has 0 fully saturated rings. The number of nitro benzene ring substituents is 1. The third-order valence-corrected chi connectivity index (χ3v) is 5.96. The number of hydrogen-bond donors (Lipinski definition) is 2. The first-order valence-corrected chi connectivity index (χ1v) is 10.6. The van der Waals surface area contributed by atoms with Crippen molar-refractivity contribution in [3.63, 3.8) is 0 Å². The second-order valence-electron chi connectivity index (χ2n) is 5.91. The molecule has 0 saturated carbocycles. The van der Waals surface area contributed by atoms with Crippen molar-refractivity contribution in [2.45, 2.75) is 4.90 Å². The van der Waals surface area contributed by atoms with Gasteiger partial charge in [0.25, 0.3) is 15.7 Å². The molecule has 0 saturated heterocycles. The van der Waals surface area contributed by atoms with E-state index in [4.69, 9.17) is 23.2 Å². The SMILES string of the molecule is O=[N+]([O-])c1ccc(N/N=C\c2ccccc2Cl)c(S(=O)(=O)Nc2ccccc2Cl)c1. The predicted octanol–water partition coefficient (Wildman–Crippen LogP) is 5.15. The van der Waals surface area contributed by atoms with Gasteiger partial charge in [0.05, 0.1) is 27.5 Å². The third-order valence-electron chi connectivity index (χ3n) is 3.88. The van der Waals surface area contributed by atoms with E-state index >= 15 is 0 Å². The van der Waals surface area contributed by atoms with E-state index in [-0.39, 0.29) is 21.3 Å². The van der Waals surface area contributed by atoms with Crippen molar-refractivity contribution in [3.8, 4) is 0 Å². The van der Waals surface area contributed by atoms with Crippen molar-refractivity contribution in [3.05, 3.63) is 92.5 Å². The fourth-order valence-corrected chi connectivity index (χ4v) is 4.11. The van der Waals surface area contributed by atoms with Gasteiger partial charge in [-0.05, 0) is 24.3 Å². The first kappa shape index (κ1) is 21.6. The highest BCUT2D eigenvalue weighted by atomic mass is 35.5. The number of para-hydroxylation sites is 1. The van der Waals surface area contributed by atoms with Crippen molar-refractivity contribution in [2.75, 3.05) is 10.1 Å². The van der Waals surface area contributed by atoms with Crippen LogP contribution in [0, 0.1) is 10.1 Å². The Morgan fingerprint density at radius 1 is 0.933 bits per heavy atom. The van der Waals surface area contributed by atoms with Crippen molar-refractivity contribution in [1.82, 2.24) is 0 Å². The number of nitro groups is 1. The average Bonchev–Trinajstić information content (AvgIpc) is 2.71. The van der Waals surface area contributed by atoms with Gasteiger partial charge in [-0.1, -0.05) is 53.5 Å². The summed E-state index contributed by atoms with van der Waals surface area (Å²) in [5.74, 6) is 0. The zero-order valence-corrected chi connectivity index (χ0v) is 17.4. The number of hydrogen-bond acceptors (Lipinski definition) is 6. The fourth-order valence-electron chi connectivity index (χ4n) is 2.43. The molecule has 0 bridgehead atoms. The molecule has 2 N–H and O–H groups in total. The number of sulfonamides is 1. The molecule has 0 spiro atoms. The van der Waals surface area contributed by atoms with Crippen LogP contribution >= 0.6 is 23.2 Å². The third kappa shape index (κ3) is 5.07. The van der Waals surface area contributed by atoms with Crippen LogP contribution in [-0.4, -0.2) is 19.6 Å². The van der Waals surface area contributed by atoms with Crippen molar-refractivity contribution < 1.29 is 13.3 Å². The molecule has 0 amide bonds. The van der Waals surface area contributed by atoms with Crippen LogP contribution in [0.15, 0.2) is 76.7 Å². The molecular formula is C19H14Cl2N4O4S. The van der Waals surface area contributed by atoms with Gasteiger partial charge >= 0.3 is 0 Å². The second kappa shape index (κ2) is 9.12. The Kier molecular flexibility index (Phi) is 6.56. The highest BCUT2D eigenvalue weighted by Crippen LogP contribution is 2.30. The number of hydrazone groups is 1. The van der Waals surface area contributed by atoms with Crippen LogP contribution in [0.3, 0.4) is 0 Å². The zero-order chi connectivity index (χ0) is 21.7. The molecule has 3 rings (SSSR count). The summed E-state index contributed by atoms with van der Waals surface area (Å²) in [6.07, 6.45) is 1.40. The molecule has 30 heavy (non-hydrogen) atoms. The van der Waals surface area contributed by atoms with E-state index in [1.165, 1.54) is 30.5 Å². The molecule has 0 aliphatic rings. The van der Waals surface area contributed by atoms with Gasteiger partial charge in [0, 0.05) is 22.7 Å². The van der Waals surface area contributed by atoms with Crippen LogP contribution in [0.5, 0.6) is 0 Å². The number of anilines is 2. The first-order valence-electron chi connectivity index (χ1n) is 8.37. The van der Waals surface area contributed by atoms with E-state index < -0.39 is 20.6 Å². The van der Waals surface area contributed by atoms with Crippen LogP contribution < -0.4 is 10.1 Å². The normalized spacial score (nSPS) is 11.4. The Labute approximate surface area is 182 Å². The van der Waals surface area contributed by atoms with Crippen LogP contribution in [0.1, 0.15) is 5.56 Å². The molecule has 154 valence electrons. The largest absolute Gasteiger partial charge is 0.278 e. The monoisotopic (exact) mass is 464 g/mol. The molecule has 0 aliphatic heterocycles. The van der Waals surface area contributed by atoms with Gasteiger partial charge in [0.1, 0.15) is 4.90 Å². The van der Waals surface area contributed by atoms with Gasteiger partial charge in [-0.25, -0.2) is 8.42 Å². The summed E-state index contributed by atoms with van der Waals surface area (Å²) >= 11 is 12.1. The summed E-state index contributed by atoms with van der Waals surface area (Å²) in [6, 6.07) is 16.5. The summed E-state index contributed by atoms with van der Waals surface area (Å²) in [4.78, 5) is 10.1. The first-order chi connectivity index (χ1) is 14.3. The highest BCUT2D eigenvalue weighted by Gasteiger charge is 2.23. The van der Waals surface area contributed by atoms with Crippen LogP contribution in [-0.2, 0) is 10.0 Å². The summed E-state index contributed by atoms with van der Waals surface area (Å²) < 4.78 is 28.2. The molecule has 11 heteroatoms. The van der Waals surface area contributed by atoms with E-state index in [1.807, 2.05) is 0 Å². The summed E-state index contributed by atoms with van der Waals surface area (Å²) in [7, 11) is -4.23. The topological polar surface area (TPSA) is 114 Å². The summed E-state index contributed by atoms with van der Waals surface area (Å²) in [5.41, 5.74) is 2.97. The van der Waals surface area contributed by atoms with E-state index in [1.54, 1.807) is 36.4 Å². The number of rotatable bonds is 7. The number of nitrogens with zero attached hydrogens (tertiary/aromatic N) is 2. The van der Waals surface area contributed by atoms with Gasteiger partial charge in [-0.2, -0.15) is 5.10 Å². The van der Waals surface area contributed by atoms with Gasteiger partial charge in [0.15, 0.2) is 0 Å². The van der Waals surface area contributed by atoms with Crippen LogP contribution in [0.2, 0.25) is 10.0 Å². The summed E-state index contributed by atoms with van der Waals surface area (Å²) in [6.45, 7) is 0. The Hall–Kier alpha value is -3.14. The smallest absolute Gasteiger partial charge is 0.270 e. The van der Waals surface area contributed by atoms with E-state index in [0.29, 0.717) is 10.6 Å².